The first-order chi connectivity index (χ1) is 8.76. The summed E-state index contributed by atoms with van der Waals surface area (Å²) in [5.74, 6) is 2.61. The Labute approximate surface area is 110 Å². The van der Waals surface area contributed by atoms with Gasteiger partial charge >= 0.3 is 0 Å². The number of hydrogen-bond donors (Lipinski definition) is 0. The summed E-state index contributed by atoms with van der Waals surface area (Å²) in [6.45, 7) is 0. The molecule has 5 nitrogen and oxygen atoms in total. The van der Waals surface area contributed by atoms with E-state index in [1.165, 1.54) is 0 Å². The molecule has 0 saturated heterocycles. The third-order valence-corrected chi connectivity index (χ3v) is 2.66. The molecule has 0 bridgehead atoms. The van der Waals surface area contributed by atoms with Crippen molar-refractivity contribution < 1.29 is 14.0 Å². The van der Waals surface area contributed by atoms with E-state index in [1.807, 2.05) is 18.2 Å². The highest BCUT2D eigenvalue weighted by Gasteiger charge is 2.09. The SMILES string of the molecule is COc1ccc(Cc2noc(CCl)n2)cc1OC. The lowest BCUT2D eigenvalue weighted by atomic mass is 10.1. The van der Waals surface area contributed by atoms with E-state index in [2.05, 4.69) is 10.1 Å². The fourth-order valence-corrected chi connectivity index (χ4v) is 1.70. The van der Waals surface area contributed by atoms with Crippen LogP contribution in [-0.2, 0) is 12.3 Å². The normalized spacial score (nSPS) is 10.4. The van der Waals surface area contributed by atoms with Crippen molar-refractivity contribution in [2.45, 2.75) is 12.3 Å². The maximum atomic E-state index is 5.60. The van der Waals surface area contributed by atoms with Gasteiger partial charge < -0.3 is 14.0 Å². The fourth-order valence-electron chi connectivity index (χ4n) is 1.59. The molecule has 18 heavy (non-hydrogen) atoms. The van der Waals surface area contributed by atoms with Crippen LogP contribution in [0.2, 0.25) is 0 Å². The zero-order valence-corrected chi connectivity index (χ0v) is 10.9. The third-order valence-electron chi connectivity index (χ3n) is 2.43. The lowest BCUT2D eigenvalue weighted by molar-refractivity contribution is 0.354. The summed E-state index contributed by atoms with van der Waals surface area (Å²) < 4.78 is 15.3. The molecule has 1 aromatic carbocycles. The fraction of sp³-hybridized carbons (Fsp3) is 0.333. The van der Waals surface area contributed by atoms with E-state index in [0.29, 0.717) is 29.6 Å². The molecule has 0 radical (unpaired) electrons. The van der Waals surface area contributed by atoms with Gasteiger partial charge in [0.05, 0.1) is 14.2 Å². The van der Waals surface area contributed by atoms with Crippen molar-refractivity contribution in [3.63, 3.8) is 0 Å². The molecule has 96 valence electrons. The number of halogens is 1. The minimum atomic E-state index is 0.221. The van der Waals surface area contributed by atoms with Gasteiger partial charge in [0.15, 0.2) is 17.3 Å². The highest BCUT2D eigenvalue weighted by Crippen LogP contribution is 2.28. The minimum absolute atomic E-state index is 0.221. The van der Waals surface area contributed by atoms with E-state index >= 15 is 0 Å². The van der Waals surface area contributed by atoms with E-state index in [9.17, 15) is 0 Å². The molecule has 6 heteroatoms. The number of ether oxygens (including phenoxy) is 2. The van der Waals surface area contributed by atoms with Gasteiger partial charge in [0.25, 0.3) is 0 Å². The molecule has 0 atom stereocenters. The second-order valence-corrected chi connectivity index (χ2v) is 3.87. The summed E-state index contributed by atoms with van der Waals surface area (Å²) in [5.41, 5.74) is 1.01. The van der Waals surface area contributed by atoms with Crippen LogP contribution in [0.5, 0.6) is 11.5 Å². The summed E-state index contributed by atoms with van der Waals surface area (Å²) in [4.78, 5) is 4.14. The van der Waals surface area contributed by atoms with E-state index in [-0.39, 0.29) is 5.88 Å². The smallest absolute Gasteiger partial charge is 0.241 e. The maximum Gasteiger partial charge on any atom is 0.241 e. The van der Waals surface area contributed by atoms with Crippen molar-refractivity contribution in [3.8, 4) is 11.5 Å². The highest BCUT2D eigenvalue weighted by molar-refractivity contribution is 6.16. The van der Waals surface area contributed by atoms with Crippen molar-refractivity contribution in [3.05, 3.63) is 35.5 Å². The van der Waals surface area contributed by atoms with Gasteiger partial charge in [-0.3, -0.25) is 0 Å². The minimum Gasteiger partial charge on any atom is -0.493 e. The molecule has 0 aliphatic heterocycles. The van der Waals surface area contributed by atoms with Crippen molar-refractivity contribution in [1.82, 2.24) is 10.1 Å². The topological polar surface area (TPSA) is 57.4 Å². The van der Waals surface area contributed by atoms with Gasteiger partial charge in [-0.1, -0.05) is 11.2 Å². The van der Waals surface area contributed by atoms with Crippen LogP contribution in [0.1, 0.15) is 17.3 Å². The summed E-state index contributed by atoms with van der Waals surface area (Å²) in [6.07, 6.45) is 0.556. The van der Waals surface area contributed by atoms with Crippen LogP contribution in [0, 0.1) is 0 Å². The quantitative estimate of drug-likeness (QED) is 0.780. The van der Waals surface area contributed by atoms with Crippen LogP contribution < -0.4 is 9.47 Å². The standard InChI is InChI=1S/C12H13ClN2O3/c1-16-9-4-3-8(5-10(9)17-2)6-11-14-12(7-13)18-15-11/h3-5H,6-7H2,1-2H3. The zero-order valence-electron chi connectivity index (χ0n) is 10.1. The van der Waals surface area contributed by atoms with E-state index in [0.717, 1.165) is 5.56 Å². The largest absolute Gasteiger partial charge is 0.493 e. The van der Waals surface area contributed by atoms with Gasteiger partial charge in [0.2, 0.25) is 5.89 Å². The van der Waals surface area contributed by atoms with Gasteiger partial charge in [0.1, 0.15) is 5.88 Å². The average molecular weight is 269 g/mol. The Morgan fingerprint density at radius 2 is 2.00 bits per heavy atom. The van der Waals surface area contributed by atoms with Gasteiger partial charge in [-0.25, -0.2) is 0 Å². The van der Waals surface area contributed by atoms with Crippen LogP contribution in [0.15, 0.2) is 22.7 Å². The summed E-state index contributed by atoms with van der Waals surface area (Å²) >= 11 is 5.60. The third kappa shape index (κ3) is 2.73. The van der Waals surface area contributed by atoms with Gasteiger partial charge in [-0.2, -0.15) is 4.98 Å². The van der Waals surface area contributed by atoms with Gasteiger partial charge in [0, 0.05) is 6.42 Å². The Bertz CT molecular complexity index is 528. The van der Waals surface area contributed by atoms with E-state index in [1.54, 1.807) is 14.2 Å². The molecule has 0 aliphatic rings. The molecule has 0 amide bonds. The van der Waals surface area contributed by atoms with Crippen LogP contribution in [0.4, 0.5) is 0 Å². The Kier molecular flexibility index (Phi) is 4.04. The molecule has 1 heterocycles. The number of nitrogens with zero attached hydrogens (tertiary/aromatic N) is 2. The Morgan fingerprint density at radius 1 is 1.22 bits per heavy atom. The van der Waals surface area contributed by atoms with Crippen LogP contribution in [0.3, 0.4) is 0 Å². The van der Waals surface area contributed by atoms with Crippen LogP contribution in [-0.4, -0.2) is 24.4 Å². The first-order valence-corrected chi connectivity index (χ1v) is 5.88. The monoisotopic (exact) mass is 268 g/mol. The molecule has 0 N–H and O–H groups in total. The summed E-state index contributed by atoms with van der Waals surface area (Å²) in [7, 11) is 3.20. The number of alkyl halides is 1. The molecule has 0 fully saturated rings. The number of rotatable bonds is 5. The average Bonchev–Trinajstić information content (AvgIpc) is 2.86. The molecule has 2 rings (SSSR count). The number of methoxy groups -OCH3 is 2. The van der Waals surface area contributed by atoms with Crippen molar-refractivity contribution in [1.29, 1.82) is 0 Å². The van der Waals surface area contributed by atoms with E-state index < -0.39 is 0 Å². The number of benzene rings is 1. The Hall–Kier alpha value is -1.75. The zero-order chi connectivity index (χ0) is 13.0. The highest BCUT2D eigenvalue weighted by atomic mass is 35.5. The van der Waals surface area contributed by atoms with Crippen molar-refractivity contribution in [2.75, 3.05) is 14.2 Å². The molecular formula is C12H13ClN2O3. The number of hydrogen-bond acceptors (Lipinski definition) is 5. The molecule has 0 saturated carbocycles. The predicted molar refractivity (Wildman–Crippen MR) is 66.2 cm³/mol. The second-order valence-electron chi connectivity index (χ2n) is 3.60. The molecule has 1 aromatic heterocycles. The van der Waals surface area contributed by atoms with Gasteiger partial charge in [-0.05, 0) is 17.7 Å². The molecule has 2 aromatic rings. The molecule has 0 aliphatic carbocycles. The Balaban J connectivity index is 2.18. The lowest BCUT2D eigenvalue weighted by Gasteiger charge is -2.08. The van der Waals surface area contributed by atoms with Crippen LogP contribution in [0.25, 0.3) is 0 Å². The van der Waals surface area contributed by atoms with E-state index in [4.69, 9.17) is 25.6 Å². The molecule has 0 unspecified atom stereocenters. The first-order valence-electron chi connectivity index (χ1n) is 5.35. The maximum absolute atomic E-state index is 5.60. The Morgan fingerprint density at radius 3 is 2.61 bits per heavy atom. The van der Waals surface area contributed by atoms with Crippen molar-refractivity contribution >= 4 is 11.6 Å². The molecule has 0 spiro atoms. The predicted octanol–water partition coefficient (Wildman–Crippen LogP) is 2.42. The first kappa shape index (κ1) is 12.7. The lowest BCUT2D eigenvalue weighted by Crippen LogP contribution is -1.95. The summed E-state index contributed by atoms with van der Waals surface area (Å²) in [5, 5.41) is 3.84. The summed E-state index contributed by atoms with van der Waals surface area (Å²) in [6, 6.07) is 5.66. The second kappa shape index (κ2) is 5.73. The van der Waals surface area contributed by atoms with Gasteiger partial charge in [-0.15, -0.1) is 11.6 Å². The number of aromatic nitrogens is 2. The molecular weight excluding hydrogens is 256 g/mol. The van der Waals surface area contributed by atoms with Crippen LogP contribution >= 0.6 is 11.6 Å². The van der Waals surface area contributed by atoms with Crippen molar-refractivity contribution in [2.24, 2.45) is 0 Å².